The molecule has 2 aromatic carbocycles. The predicted molar refractivity (Wildman–Crippen MR) is 81.8 cm³/mol. The first kappa shape index (κ1) is 14.7. The van der Waals surface area contributed by atoms with Gasteiger partial charge in [0, 0.05) is 5.70 Å². The first-order valence-corrected chi connectivity index (χ1v) is 6.50. The van der Waals surface area contributed by atoms with Crippen LogP contribution in [0.3, 0.4) is 0 Å². The van der Waals surface area contributed by atoms with Gasteiger partial charge in [-0.25, -0.2) is 4.79 Å². The minimum absolute atomic E-state index is 0.225. The lowest BCUT2D eigenvalue weighted by Gasteiger charge is -2.10. The first-order chi connectivity index (χ1) is 10.2. The molecule has 2 rings (SSSR count). The third kappa shape index (κ3) is 4.38. The van der Waals surface area contributed by atoms with E-state index in [0.717, 1.165) is 16.9 Å². The van der Waals surface area contributed by atoms with Gasteiger partial charge in [-0.1, -0.05) is 36.9 Å². The molecule has 0 fully saturated rings. The minimum Gasteiger partial charge on any atom is -0.497 e. The number of benzene rings is 2. The second-order valence-corrected chi connectivity index (χ2v) is 4.39. The number of methoxy groups -OCH3 is 1. The highest BCUT2D eigenvalue weighted by Gasteiger charge is 2.06. The van der Waals surface area contributed by atoms with Crippen LogP contribution < -0.4 is 10.1 Å². The predicted octanol–water partition coefficient (Wildman–Crippen LogP) is 3.59. The second-order valence-electron chi connectivity index (χ2n) is 4.39. The number of carbonyl (C=O) groups is 1. The first-order valence-electron chi connectivity index (χ1n) is 6.50. The highest BCUT2D eigenvalue weighted by atomic mass is 16.5. The molecule has 2 aromatic rings. The maximum Gasteiger partial charge on any atom is 0.411 e. The van der Waals surface area contributed by atoms with E-state index in [1.54, 1.807) is 19.2 Å². The van der Waals surface area contributed by atoms with Gasteiger partial charge in [-0.3, -0.25) is 5.32 Å². The molecule has 21 heavy (non-hydrogen) atoms. The van der Waals surface area contributed by atoms with Crippen LogP contribution >= 0.6 is 0 Å². The van der Waals surface area contributed by atoms with Gasteiger partial charge in [0.25, 0.3) is 0 Å². The van der Waals surface area contributed by atoms with Gasteiger partial charge < -0.3 is 9.47 Å². The summed E-state index contributed by atoms with van der Waals surface area (Å²) in [6, 6.07) is 16.7. The molecule has 0 bridgehead atoms. The standard InChI is InChI=1S/C17H17NO3/c1-13(15-8-10-16(20-2)11-9-15)18-17(19)21-12-14-6-4-3-5-7-14/h3-11H,1,12H2,2H3,(H,18,19). The fourth-order valence-corrected chi connectivity index (χ4v) is 1.75. The van der Waals surface area contributed by atoms with Gasteiger partial charge in [0.2, 0.25) is 0 Å². The topological polar surface area (TPSA) is 47.6 Å². The lowest BCUT2D eigenvalue weighted by atomic mass is 10.2. The molecule has 4 nitrogen and oxygen atoms in total. The number of rotatable bonds is 5. The largest absolute Gasteiger partial charge is 0.497 e. The van der Waals surface area contributed by atoms with E-state index in [2.05, 4.69) is 11.9 Å². The summed E-state index contributed by atoms with van der Waals surface area (Å²) in [6.45, 7) is 4.05. The van der Waals surface area contributed by atoms with Crippen LogP contribution in [0.25, 0.3) is 5.70 Å². The lowest BCUT2D eigenvalue weighted by Crippen LogP contribution is -2.22. The molecule has 108 valence electrons. The van der Waals surface area contributed by atoms with Crippen molar-refractivity contribution in [3.8, 4) is 5.75 Å². The number of hydrogen-bond acceptors (Lipinski definition) is 3. The average Bonchev–Trinajstić information content (AvgIpc) is 2.54. The quantitative estimate of drug-likeness (QED) is 0.912. The van der Waals surface area contributed by atoms with Crippen LogP contribution in [0.4, 0.5) is 4.79 Å². The van der Waals surface area contributed by atoms with E-state index in [0.29, 0.717) is 5.70 Å². The van der Waals surface area contributed by atoms with Gasteiger partial charge in [0.15, 0.2) is 0 Å². The Bertz CT molecular complexity index is 606. The highest BCUT2D eigenvalue weighted by Crippen LogP contribution is 2.15. The Morgan fingerprint density at radius 2 is 1.76 bits per heavy atom. The van der Waals surface area contributed by atoms with E-state index < -0.39 is 6.09 Å². The molecule has 0 aliphatic rings. The van der Waals surface area contributed by atoms with E-state index in [1.165, 1.54) is 0 Å². The van der Waals surface area contributed by atoms with Crippen molar-refractivity contribution in [2.24, 2.45) is 0 Å². The van der Waals surface area contributed by atoms with Gasteiger partial charge >= 0.3 is 6.09 Å². The Morgan fingerprint density at radius 1 is 1.10 bits per heavy atom. The smallest absolute Gasteiger partial charge is 0.411 e. The van der Waals surface area contributed by atoms with Crippen molar-refractivity contribution in [1.29, 1.82) is 0 Å². The SMILES string of the molecule is C=C(NC(=O)OCc1ccccc1)c1ccc(OC)cc1. The van der Waals surface area contributed by atoms with Gasteiger partial charge in [-0.2, -0.15) is 0 Å². The lowest BCUT2D eigenvalue weighted by molar-refractivity contribution is 0.144. The molecule has 0 radical (unpaired) electrons. The van der Waals surface area contributed by atoms with Crippen LogP contribution in [0, 0.1) is 0 Å². The van der Waals surface area contributed by atoms with Crippen molar-refractivity contribution in [3.05, 3.63) is 72.3 Å². The summed E-state index contributed by atoms with van der Waals surface area (Å²) in [5, 5.41) is 2.61. The Kier molecular flexibility index (Phi) is 4.99. The number of hydrogen-bond donors (Lipinski definition) is 1. The summed E-state index contributed by atoms with van der Waals surface area (Å²) >= 11 is 0. The summed E-state index contributed by atoms with van der Waals surface area (Å²) in [5.74, 6) is 0.748. The van der Waals surface area contributed by atoms with E-state index in [-0.39, 0.29) is 6.61 Å². The van der Waals surface area contributed by atoms with E-state index in [1.807, 2.05) is 42.5 Å². The zero-order valence-corrected chi connectivity index (χ0v) is 11.8. The van der Waals surface area contributed by atoms with Crippen LogP contribution in [-0.4, -0.2) is 13.2 Å². The van der Waals surface area contributed by atoms with Crippen molar-refractivity contribution in [2.75, 3.05) is 7.11 Å². The molecular formula is C17H17NO3. The molecule has 1 N–H and O–H groups in total. The van der Waals surface area contributed by atoms with Gasteiger partial charge in [0.1, 0.15) is 12.4 Å². The Balaban J connectivity index is 1.85. The Hall–Kier alpha value is -2.75. The molecule has 1 amide bonds. The van der Waals surface area contributed by atoms with Crippen molar-refractivity contribution >= 4 is 11.8 Å². The maximum atomic E-state index is 11.7. The molecule has 0 spiro atoms. The average molecular weight is 283 g/mol. The van der Waals surface area contributed by atoms with Crippen LogP contribution in [-0.2, 0) is 11.3 Å². The summed E-state index contributed by atoms with van der Waals surface area (Å²) in [6.07, 6.45) is -0.528. The van der Waals surface area contributed by atoms with Crippen molar-refractivity contribution in [3.63, 3.8) is 0 Å². The molecule has 0 atom stereocenters. The summed E-state index contributed by atoms with van der Waals surface area (Å²) < 4.78 is 10.2. The third-order valence-electron chi connectivity index (χ3n) is 2.90. The second kappa shape index (κ2) is 7.14. The summed E-state index contributed by atoms with van der Waals surface area (Å²) in [4.78, 5) is 11.7. The maximum absolute atomic E-state index is 11.7. The molecule has 0 aliphatic carbocycles. The fourth-order valence-electron chi connectivity index (χ4n) is 1.75. The summed E-state index contributed by atoms with van der Waals surface area (Å²) in [5.41, 5.74) is 2.21. The molecule has 0 heterocycles. The van der Waals surface area contributed by atoms with Crippen LogP contribution in [0.1, 0.15) is 11.1 Å². The molecule has 4 heteroatoms. The zero-order chi connectivity index (χ0) is 15.1. The Labute approximate surface area is 124 Å². The van der Waals surface area contributed by atoms with Gasteiger partial charge in [-0.15, -0.1) is 0 Å². The monoisotopic (exact) mass is 283 g/mol. The molecule has 0 aliphatic heterocycles. The zero-order valence-electron chi connectivity index (χ0n) is 11.8. The molecule has 0 saturated carbocycles. The van der Waals surface area contributed by atoms with Gasteiger partial charge in [0.05, 0.1) is 7.11 Å². The Morgan fingerprint density at radius 3 is 2.38 bits per heavy atom. The van der Waals surface area contributed by atoms with E-state index in [4.69, 9.17) is 9.47 Å². The van der Waals surface area contributed by atoms with Gasteiger partial charge in [-0.05, 0) is 35.4 Å². The van der Waals surface area contributed by atoms with Crippen LogP contribution in [0.2, 0.25) is 0 Å². The van der Waals surface area contributed by atoms with E-state index >= 15 is 0 Å². The minimum atomic E-state index is -0.528. The third-order valence-corrected chi connectivity index (χ3v) is 2.90. The van der Waals surface area contributed by atoms with Crippen LogP contribution in [0.15, 0.2) is 61.2 Å². The van der Waals surface area contributed by atoms with Crippen molar-refractivity contribution in [1.82, 2.24) is 5.32 Å². The molecular weight excluding hydrogens is 266 g/mol. The van der Waals surface area contributed by atoms with Crippen LogP contribution in [0.5, 0.6) is 5.75 Å². The molecule has 0 saturated heterocycles. The summed E-state index contributed by atoms with van der Waals surface area (Å²) in [7, 11) is 1.60. The normalized spacial score (nSPS) is 9.76. The number of carbonyl (C=O) groups excluding carboxylic acids is 1. The number of nitrogens with one attached hydrogen (secondary N) is 1. The van der Waals surface area contributed by atoms with E-state index in [9.17, 15) is 4.79 Å². The fraction of sp³-hybridized carbons (Fsp3) is 0.118. The number of amides is 1. The van der Waals surface area contributed by atoms with Crippen molar-refractivity contribution < 1.29 is 14.3 Å². The number of alkyl carbamates (subject to hydrolysis) is 1. The molecule has 0 unspecified atom stereocenters. The van der Waals surface area contributed by atoms with Crippen molar-refractivity contribution in [2.45, 2.75) is 6.61 Å². The highest BCUT2D eigenvalue weighted by molar-refractivity contribution is 5.80. The molecule has 0 aromatic heterocycles. The number of ether oxygens (including phenoxy) is 2.